The van der Waals surface area contributed by atoms with Gasteiger partial charge >= 0.3 is 0 Å². The Bertz CT molecular complexity index is 821. The van der Waals surface area contributed by atoms with E-state index in [1.165, 1.54) is 0 Å². The molecule has 0 atom stereocenters. The molecule has 0 fully saturated rings. The van der Waals surface area contributed by atoms with Crippen LogP contribution in [0.3, 0.4) is 0 Å². The molecule has 0 heterocycles. The molecule has 2 aromatic carbocycles. The SMILES string of the molecule is CCCS(=O)(=O)NCC(=O)Nc1ccc(OCc2ccc(Cl)cc2)cc1. The molecule has 6 nitrogen and oxygen atoms in total. The second-order valence-electron chi connectivity index (χ2n) is 5.63. The van der Waals surface area contributed by atoms with Gasteiger partial charge in [0.15, 0.2) is 0 Å². The van der Waals surface area contributed by atoms with E-state index in [9.17, 15) is 13.2 Å². The van der Waals surface area contributed by atoms with Crippen molar-refractivity contribution in [3.05, 3.63) is 59.1 Å². The second kappa shape index (κ2) is 9.56. The summed E-state index contributed by atoms with van der Waals surface area (Å²) in [6.07, 6.45) is 0.494. The van der Waals surface area contributed by atoms with Crippen LogP contribution in [0, 0.1) is 0 Å². The van der Waals surface area contributed by atoms with Crippen molar-refractivity contribution in [3.8, 4) is 5.75 Å². The third kappa shape index (κ3) is 7.03. The normalized spacial score (nSPS) is 11.2. The summed E-state index contributed by atoms with van der Waals surface area (Å²) in [6, 6.07) is 14.2. The van der Waals surface area contributed by atoms with Crippen molar-refractivity contribution in [2.45, 2.75) is 20.0 Å². The molecular formula is C18H21ClN2O4S. The van der Waals surface area contributed by atoms with Gasteiger partial charge in [-0.05, 0) is 48.4 Å². The number of halogens is 1. The van der Waals surface area contributed by atoms with Crippen molar-refractivity contribution in [1.82, 2.24) is 4.72 Å². The summed E-state index contributed by atoms with van der Waals surface area (Å²) in [5.74, 6) is 0.223. The highest BCUT2D eigenvalue weighted by molar-refractivity contribution is 7.89. The molecule has 0 saturated carbocycles. The topological polar surface area (TPSA) is 84.5 Å². The smallest absolute Gasteiger partial charge is 0.239 e. The fourth-order valence-electron chi connectivity index (χ4n) is 2.10. The van der Waals surface area contributed by atoms with Gasteiger partial charge in [-0.3, -0.25) is 4.79 Å². The highest BCUT2D eigenvalue weighted by Gasteiger charge is 2.11. The zero-order valence-electron chi connectivity index (χ0n) is 14.4. The maximum atomic E-state index is 11.8. The molecule has 0 aliphatic rings. The number of carbonyl (C=O) groups is 1. The number of anilines is 1. The van der Waals surface area contributed by atoms with Gasteiger partial charge in [0.25, 0.3) is 0 Å². The minimum atomic E-state index is -3.40. The number of carbonyl (C=O) groups excluding carboxylic acids is 1. The van der Waals surface area contributed by atoms with Crippen LogP contribution in [0.25, 0.3) is 0 Å². The first kappa shape index (κ1) is 20.2. The van der Waals surface area contributed by atoms with Gasteiger partial charge in [-0.25, -0.2) is 13.1 Å². The molecule has 8 heteroatoms. The molecule has 0 aromatic heterocycles. The Morgan fingerprint density at radius 3 is 2.35 bits per heavy atom. The quantitative estimate of drug-likeness (QED) is 0.681. The largest absolute Gasteiger partial charge is 0.489 e. The number of benzene rings is 2. The van der Waals surface area contributed by atoms with Gasteiger partial charge in [-0.2, -0.15) is 0 Å². The number of sulfonamides is 1. The lowest BCUT2D eigenvalue weighted by Crippen LogP contribution is -2.34. The first-order chi connectivity index (χ1) is 12.4. The summed E-state index contributed by atoms with van der Waals surface area (Å²) < 4.78 is 31.0. The summed E-state index contributed by atoms with van der Waals surface area (Å²) in [5, 5.41) is 3.30. The highest BCUT2D eigenvalue weighted by atomic mass is 35.5. The van der Waals surface area contributed by atoms with E-state index in [2.05, 4.69) is 10.0 Å². The molecule has 2 N–H and O–H groups in total. The Hall–Kier alpha value is -2.09. The number of rotatable bonds is 9. The molecule has 0 unspecified atom stereocenters. The Morgan fingerprint density at radius 1 is 1.08 bits per heavy atom. The van der Waals surface area contributed by atoms with Crippen molar-refractivity contribution in [2.24, 2.45) is 0 Å². The Balaban J connectivity index is 1.81. The number of hydrogen-bond donors (Lipinski definition) is 2. The summed E-state index contributed by atoms with van der Waals surface area (Å²) in [4.78, 5) is 11.8. The number of hydrogen-bond acceptors (Lipinski definition) is 4. The molecule has 0 aliphatic heterocycles. The van der Waals surface area contributed by atoms with Gasteiger partial charge in [0, 0.05) is 10.7 Å². The molecule has 2 rings (SSSR count). The fourth-order valence-corrected chi connectivity index (χ4v) is 3.26. The molecule has 0 saturated heterocycles. The Labute approximate surface area is 158 Å². The van der Waals surface area contributed by atoms with Crippen LogP contribution in [0.4, 0.5) is 5.69 Å². The maximum absolute atomic E-state index is 11.8. The summed E-state index contributed by atoms with van der Waals surface area (Å²) >= 11 is 5.84. The van der Waals surface area contributed by atoms with Gasteiger partial charge in [0.05, 0.1) is 12.3 Å². The second-order valence-corrected chi connectivity index (χ2v) is 7.99. The van der Waals surface area contributed by atoms with Gasteiger partial charge in [-0.1, -0.05) is 30.7 Å². The lowest BCUT2D eigenvalue weighted by molar-refractivity contribution is -0.115. The monoisotopic (exact) mass is 396 g/mol. The molecule has 140 valence electrons. The third-order valence-corrected chi connectivity index (χ3v) is 5.16. The number of amides is 1. The molecule has 26 heavy (non-hydrogen) atoms. The zero-order chi connectivity index (χ0) is 19.0. The average molecular weight is 397 g/mol. The fraction of sp³-hybridized carbons (Fsp3) is 0.278. The predicted octanol–water partition coefficient (Wildman–Crippen LogP) is 3.19. The summed E-state index contributed by atoms with van der Waals surface area (Å²) in [7, 11) is -3.40. The average Bonchev–Trinajstić information content (AvgIpc) is 2.61. The lowest BCUT2D eigenvalue weighted by Gasteiger charge is -2.09. The number of nitrogens with one attached hydrogen (secondary N) is 2. The van der Waals surface area contributed by atoms with E-state index in [-0.39, 0.29) is 12.3 Å². The molecule has 0 aliphatic carbocycles. The van der Waals surface area contributed by atoms with Crippen molar-refractivity contribution in [3.63, 3.8) is 0 Å². The highest BCUT2D eigenvalue weighted by Crippen LogP contribution is 2.17. The van der Waals surface area contributed by atoms with E-state index in [1.54, 1.807) is 43.3 Å². The van der Waals surface area contributed by atoms with Gasteiger partial charge in [0.1, 0.15) is 12.4 Å². The Kier molecular flexibility index (Phi) is 7.44. The van der Waals surface area contributed by atoms with E-state index in [1.807, 2.05) is 12.1 Å². The first-order valence-electron chi connectivity index (χ1n) is 8.12. The predicted molar refractivity (Wildman–Crippen MR) is 103 cm³/mol. The van der Waals surface area contributed by atoms with Crippen LogP contribution in [0.5, 0.6) is 5.75 Å². The van der Waals surface area contributed by atoms with E-state index in [0.717, 1.165) is 5.56 Å². The van der Waals surface area contributed by atoms with Crippen LogP contribution in [-0.2, 0) is 21.4 Å². The van der Waals surface area contributed by atoms with Gasteiger partial charge < -0.3 is 10.1 Å². The molecule has 1 amide bonds. The van der Waals surface area contributed by atoms with Crippen LogP contribution in [-0.4, -0.2) is 26.6 Å². The van der Waals surface area contributed by atoms with Crippen LogP contribution in [0.2, 0.25) is 5.02 Å². The minimum absolute atomic E-state index is 0.0000641. The maximum Gasteiger partial charge on any atom is 0.239 e. The molecule has 0 bridgehead atoms. The third-order valence-electron chi connectivity index (χ3n) is 3.38. The van der Waals surface area contributed by atoms with E-state index >= 15 is 0 Å². The van der Waals surface area contributed by atoms with E-state index in [0.29, 0.717) is 29.5 Å². The van der Waals surface area contributed by atoms with Crippen molar-refractivity contribution in [2.75, 3.05) is 17.6 Å². The molecule has 0 spiro atoms. The summed E-state index contributed by atoms with van der Waals surface area (Å²) in [5.41, 5.74) is 1.55. The Morgan fingerprint density at radius 2 is 1.73 bits per heavy atom. The molecule has 2 aromatic rings. The lowest BCUT2D eigenvalue weighted by atomic mass is 10.2. The van der Waals surface area contributed by atoms with Crippen molar-refractivity contribution < 1.29 is 17.9 Å². The first-order valence-corrected chi connectivity index (χ1v) is 10.2. The zero-order valence-corrected chi connectivity index (χ0v) is 15.9. The van der Waals surface area contributed by atoms with Crippen molar-refractivity contribution in [1.29, 1.82) is 0 Å². The van der Waals surface area contributed by atoms with Crippen molar-refractivity contribution >= 4 is 33.2 Å². The molecule has 0 radical (unpaired) electrons. The van der Waals surface area contributed by atoms with Crippen LogP contribution >= 0.6 is 11.6 Å². The minimum Gasteiger partial charge on any atom is -0.489 e. The molecular weight excluding hydrogens is 376 g/mol. The van der Waals surface area contributed by atoms with E-state index < -0.39 is 15.9 Å². The number of ether oxygens (including phenoxy) is 1. The van der Waals surface area contributed by atoms with E-state index in [4.69, 9.17) is 16.3 Å². The van der Waals surface area contributed by atoms with Crippen LogP contribution in [0.15, 0.2) is 48.5 Å². The van der Waals surface area contributed by atoms with Gasteiger partial charge in [0.2, 0.25) is 15.9 Å². The van der Waals surface area contributed by atoms with Crippen LogP contribution < -0.4 is 14.8 Å². The van der Waals surface area contributed by atoms with Crippen LogP contribution in [0.1, 0.15) is 18.9 Å². The summed E-state index contributed by atoms with van der Waals surface area (Å²) in [6.45, 7) is 1.87. The standard InChI is InChI=1S/C18H21ClN2O4S/c1-2-11-26(23,24)20-12-18(22)21-16-7-9-17(10-8-16)25-13-14-3-5-15(19)6-4-14/h3-10,20H,2,11-13H2,1H3,(H,21,22). The van der Waals surface area contributed by atoms with Gasteiger partial charge in [-0.15, -0.1) is 0 Å².